The van der Waals surface area contributed by atoms with Crippen LogP contribution in [0.1, 0.15) is 28.9 Å². The number of likely N-dealkylation sites (N-methyl/N-ethyl adjacent to an activating group) is 1. The number of pyridine rings is 1. The van der Waals surface area contributed by atoms with Gasteiger partial charge in [-0.15, -0.1) is 0 Å². The summed E-state index contributed by atoms with van der Waals surface area (Å²) in [5.41, 5.74) is 2.76. The number of hydrogen-bond donors (Lipinski definition) is 3. The number of carbonyl (C=O) groups is 1. The molecule has 1 aliphatic rings. The second kappa shape index (κ2) is 6.38. The number of rotatable bonds is 4. The van der Waals surface area contributed by atoms with Gasteiger partial charge in [0.1, 0.15) is 5.82 Å². The van der Waals surface area contributed by atoms with Crippen molar-refractivity contribution in [2.24, 2.45) is 5.84 Å². The standard InChI is InChI=1S/C14H22N4O3/c1-10-7-11(8-12(16-10)17-15)13(19)18(2)9-14(20)3-5-21-6-4-14/h7-8,20H,3-6,9,15H2,1-2H3,(H,16,17). The van der Waals surface area contributed by atoms with Gasteiger partial charge >= 0.3 is 0 Å². The van der Waals surface area contributed by atoms with Crippen molar-refractivity contribution >= 4 is 11.7 Å². The highest BCUT2D eigenvalue weighted by Gasteiger charge is 2.32. The van der Waals surface area contributed by atoms with Crippen molar-refractivity contribution in [2.45, 2.75) is 25.4 Å². The first-order chi connectivity index (χ1) is 9.93. The summed E-state index contributed by atoms with van der Waals surface area (Å²) in [5.74, 6) is 5.61. The fraction of sp³-hybridized carbons (Fsp3) is 0.571. The van der Waals surface area contributed by atoms with Crippen LogP contribution < -0.4 is 11.3 Å². The zero-order valence-corrected chi connectivity index (χ0v) is 12.4. The van der Waals surface area contributed by atoms with Crippen LogP contribution in [0.25, 0.3) is 0 Å². The average molecular weight is 294 g/mol. The fourth-order valence-electron chi connectivity index (χ4n) is 2.51. The SMILES string of the molecule is Cc1cc(C(=O)N(C)CC2(O)CCOCC2)cc(NN)n1. The predicted octanol–water partition coefficient (Wildman–Crippen LogP) is 0.289. The van der Waals surface area contributed by atoms with Crippen LogP contribution in [-0.4, -0.2) is 53.3 Å². The first kappa shape index (κ1) is 15.7. The van der Waals surface area contributed by atoms with E-state index in [0.29, 0.717) is 43.1 Å². The Morgan fingerprint density at radius 2 is 2.19 bits per heavy atom. The monoisotopic (exact) mass is 294 g/mol. The number of aromatic nitrogens is 1. The molecule has 0 radical (unpaired) electrons. The Hall–Kier alpha value is -1.70. The molecule has 7 heteroatoms. The van der Waals surface area contributed by atoms with Gasteiger partial charge in [-0.2, -0.15) is 0 Å². The smallest absolute Gasteiger partial charge is 0.253 e. The Kier molecular flexibility index (Phi) is 4.76. The molecule has 0 atom stereocenters. The molecule has 1 saturated heterocycles. The molecule has 0 saturated carbocycles. The zero-order valence-electron chi connectivity index (χ0n) is 12.4. The summed E-state index contributed by atoms with van der Waals surface area (Å²) in [7, 11) is 1.68. The molecule has 2 rings (SSSR count). The summed E-state index contributed by atoms with van der Waals surface area (Å²) < 4.78 is 5.24. The molecule has 0 spiro atoms. The Labute approximate surface area is 124 Å². The maximum atomic E-state index is 12.5. The van der Waals surface area contributed by atoms with Crippen LogP contribution in [-0.2, 0) is 4.74 Å². The molecule has 1 fully saturated rings. The van der Waals surface area contributed by atoms with Crippen molar-refractivity contribution in [3.8, 4) is 0 Å². The van der Waals surface area contributed by atoms with E-state index in [0.717, 1.165) is 0 Å². The summed E-state index contributed by atoms with van der Waals surface area (Å²) in [6.45, 7) is 3.12. The molecule has 1 aromatic rings. The van der Waals surface area contributed by atoms with Gasteiger partial charge < -0.3 is 20.2 Å². The number of ether oxygens (including phenoxy) is 1. The molecule has 0 aliphatic carbocycles. The minimum absolute atomic E-state index is 0.170. The number of aliphatic hydroxyl groups is 1. The number of nitrogens with one attached hydrogen (secondary N) is 1. The van der Waals surface area contributed by atoms with Gasteiger partial charge in [0.25, 0.3) is 5.91 Å². The van der Waals surface area contributed by atoms with Crippen LogP contribution in [0.4, 0.5) is 5.82 Å². The maximum Gasteiger partial charge on any atom is 0.253 e. The molecule has 0 unspecified atom stereocenters. The first-order valence-electron chi connectivity index (χ1n) is 6.94. The third-order valence-electron chi connectivity index (χ3n) is 3.65. The van der Waals surface area contributed by atoms with E-state index in [2.05, 4.69) is 10.4 Å². The number of carbonyl (C=O) groups excluding carboxylic acids is 1. The molecule has 0 bridgehead atoms. The third kappa shape index (κ3) is 3.90. The lowest BCUT2D eigenvalue weighted by molar-refractivity contribution is -0.0734. The summed E-state index contributed by atoms with van der Waals surface area (Å²) in [6, 6.07) is 3.30. The number of nitrogens with two attached hydrogens (primary N) is 1. The summed E-state index contributed by atoms with van der Waals surface area (Å²) in [6.07, 6.45) is 1.07. The highest BCUT2D eigenvalue weighted by atomic mass is 16.5. The largest absolute Gasteiger partial charge is 0.388 e. The number of hydrazine groups is 1. The minimum atomic E-state index is -0.875. The summed E-state index contributed by atoms with van der Waals surface area (Å²) in [4.78, 5) is 18.1. The fourth-order valence-corrected chi connectivity index (χ4v) is 2.51. The van der Waals surface area contributed by atoms with Gasteiger partial charge in [-0.3, -0.25) is 4.79 Å². The molecule has 2 heterocycles. The van der Waals surface area contributed by atoms with Gasteiger partial charge in [0.15, 0.2) is 0 Å². The second-order valence-electron chi connectivity index (χ2n) is 5.52. The third-order valence-corrected chi connectivity index (χ3v) is 3.65. The number of aryl methyl sites for hydroxylation is 1. The van der Waals surface area contributed by atoms with E-state index in [-0.39, 0.29) is 12.5 Å². The number of anilines is 1. The normalized spacial score (nSPS) is 17.3. The van der Waals surface area contributed by atoms with Crippen molar-refractivity contribution in [1.29, 1.82) is 0 Å². The first-order valence-corrected chi connectivity index (χ1v) is 6.94. The highest BCUT2D eigenvalue weighted by molar-refractivity contribution is 5.94. The Morgan fingerprint density at radius 1 is 1.52 bits per heavy atom. The van der Waals surface area contributed by atoms with Crippen LogP contribution >= 0.6 is 0 Å². The van der Waals surface area contributed by atoms with Gasteiger partial charge in [-0.25, -0.2) is 10.8 Å². The number of hydrogen-bond acceptors (Lipinski definition) is 6. The number of amides is 1. The van der Waals surface area contributed by atoms with E-state index < -0.39 is 5.60 Å². The molecule has 1 aliphatic heterocycles. The van der Waals surface area contributed by atoms with E-state index >= 15 is 0 Å². The Balaban J connectivity index is 2.10. The molecule has 116 valence electrons. The van der Waals surface area contributed by atoms with E-state index in [1.54, 1.807) is 26.1 Å². The van der Waals surface area contributed by atoms with Crippen LogP contribution in [0, 0.1) is 6.92 Å². The Bertz CT molecular complexity index is 515. The zero-order chi connectivity index (χ0) is 15.5. The van der Waals surface area contributed by atoms with Gasteiger partial charge in [0.05, 0.1) is 5.60 Å². The van der Waals surface area contributed by atoms with Gasteiger partial charge in [-0.05, 0) is 19.1 Å². The van der Waals surface area contributed by atoms with Gasteiger partial charge in [-0.1, -0.05) is 0 Å². The topological polar surface area (TPSA) is 101 Å². The quantitative estimate of drug-likeness (QED) is 0.545. The minimum Gasteiger partial charge on any atom is -0.388 e. The van der Waals surface area contributed by atoms with Crippen molar-refractivity contribution < 1.29 is 14.6 Å². The van der Waals surface area contributed by atoms with E-state index in [9.17, 15) is 9.90 Å². The lowest BCUT2D eigenvalue weighted by Gasteiger charge is -2.35. The van der Waals surface area contributed by atoms with Gasteiger partial charge in [0.2, 0.25) is 0 Å². The summed E-state index contributed by atoms with van der Waals surface area (Å²) >= 11 is 0. The van der Waals surface area contributed by atoms with E-state index in [4.69, 9.17) is 10.6 Å². The molecular formula is C14H22N4O3. The molecule has 0 aromatic carbocycles. The summed E-state index contributed by atoms with van der Waals surface area (Å²) in [5, 5.41) is 10.5. The van der Waals surface area contributed by atoms with Crippen molar-refractivity contribution in [2.75, 3.05) is 32.2 Å². The lowest BCUT2D eigenvalue weighted by atomic mass is 9.93. The number of nitrogens with zero attached hydrogens (tertiary/aromatic N) is 2. The molecule has 21 heavy (non-hydrogen) atoms. The van der Waals surface area contributed by atoms with Crippen molar-refractivity contribution in [3.05, 3.63) is 23.4 Å². The highest BCUT2D eigenvalue weighted by Crippen LogP contribution is 2.22. The molecule has 1 aromatic heterocycles. The van der Waals surface area contributed by atoms with Gasteiger partial charge in [0, 0.05) is 50.9 Å². The average Bonchev–Trinajstić information content (AvgIpc) is 2.46. The number of nitrogen functional groups attached to an aromatic ring is 1. The molecule has 1 amide bonds. The lowest BCUT2D eigenvalue weighted by Crippen LogP contribution is -2.47. The molecule has 7 nitrogen and oxygen atoms in total. The van der Waals surface area contributed by atoms with Crippen LogP contribution in [0.15, 0.2) is 12.1 Å². The van der Waals surface area contributed by atoms with E-state index in [1.807, 2.05) is 0 Å². The Morgan fingerprint density at radius 3 is 2.81 bits per heavy atom. The van der Waals surface area contributed by atoms with Crippen LogP contribution in [0.2, 0.25) is 0 Å². The van der Waals surface area contributed by atoms with Crippen LogP contribution in [0.3, 0.4) is 0 Å². The van der Waals surface area contributed by atoms with Crippen molar-refractivity contribution in [1.82, 2.24) is 9.88 Å². The van der Waals surface area contributed by atoms with Crippen LogP contribution in [0.5, 0.6) is 0 Å². The molecule has 4 N–H and O–H groups in total. The van der Waals surface area contributed by atoms with Crippen molar-refractivity contribution in [3.63, 3.8) is 0 Å². The van der Waals surface area contributed by atoms with E-state index in [1.165, 1.54) is 4.90 Å². The second-order valence-corrected chi connectivity index (χ2v) is 5.52. The maximum absolute atomic E-state index is 12.5. The predicted molar refractivity (Wildman–Crippen MR) is 78.7 cm³/mol. The molecular weight excluding hydrogens is 272 g/mol.